The van der Waals surface area contributed by atoms with Crippen LogP contribution in [0.5, 0.6) is 11.5 Å². The summed E-state index contributed by atoms with van der Waals surface area (Å²) in [6.45, 7) is 6.45. The van der Waals surface area contributed by atoms with E-state index >= 15 is 0 Å². The number of nitrogens with one attached hydrogen (secondary N) is 1. The maximum absolute atomic E-state index is 12.2. The van der Waals surface area contributed by atoms with Crippen LogP contribution in [0.2, 0.25) is 0 Å². The first-order valence-corrected chi connectivity index (χ1v) is 10.6. The van der Waals surface area contributed by atoms with Gasteiger partial charge in [0.1, 0.15) is 0 Å². The molecule has 0 radical (unpaired) electrons. The molecule has 0 atom stereocenters. The number of unbranched alkanes of at least 4 members (excludes halogenated alkanes) is 7. The van der Waals surface area contributed by atoms with Crippen LogP contribution in [0, 0.1) is 5.21 Å². The molecule has 6 heteroatoms. The van der Waals surface area contributed by atoms with Gasteiger partial charge in [-0.15, -0.1) is 0 Å². The second-order valence-corrected chi connectivity index (χ2v) is 8.27. The fourth-order valence-electron chi connectivity index (χ4n) is 2.92. The molecule has 29 heavy (non-hydrogen) atoms. The van der Waals surface area contributed by atoms with Crippen LogP contribution in [0.1, 0.15) is 82.5 Å². The van der Waals surface area contributed by atoms with Gasteiger partial charge in [-0.2, -0.15) is 0 Å². The summed E-state index contributed by atoms with van der Waals surface area (Å²) in [5.41, 5.74) is 0.233. The van der Waals surface area contributed by atoms with E-state index in [-0.39, 0.29) is 11.4 Å². The lowest BCUT2D eigenvalue weighted by atomic mass is 10.1. The van der Waals surface area contributed by atoms with Gasteiger partial charge in [-0.05, 0) is 31.0 Å². The minimum Gasteiger partial charge on any atom is -0.624 e. The zero-order valence-electron chi connectivity index (χ0n) is 18.8. The van der Waals surface area contributed by atoms with Gasteiger partial charge in [0, 0.05) is 39.3 Å². The van der Waals surface area contributed by atoms with Gasteiger partial charge >= 0.3 is 0 Å². The third kappa shape index (κ3) is 9.68. The molecule has 0 fully saturated rings. The molecule has 0 saturated carbocycles. The summed E-state index contributed by atoms with van der Waals surface area (Å²) in [6, 6.07) is 5.17. The normalized spacial score (nSPS) is 12.0. The molecule has 0 bridgehead atoms. The van der Waals surface area contributed by atoms with Gasteiger partial charge in [0.25, 0.3) is 5.91 Å². The third-order valence-corrected chi connectivity index (χ3v) is 4.77. The molecule has 0 aliphatic rings. The Morgan fingerprint density at radius 2 is 1.59 bits per heavy atom. The van der Waals surface area contributed by atoms with E-state index in [1.165, 1.54) is 19.3 Å². The highest BCUT2D eigenvalue weighted by Crippen LogP contribution is 2.27. The molecule has 0 aliphatic carbocycles. The first kappa shape index (κ1) is 24.8. The van der Waals surface area contributed by atoms with E-state index in [0.29, 0.717) is 23.6 Å². The Balaban J connectivity index is 2.09. The first-order valence-electron chi connectivity index (χ1n) is 10.6. The zero-order chi connectivity index (χ0) is 21.7. The number of carbonyl (C=O) groups excluding carboxylic acids is 1. The summed E-state index contributed by atoms with van der Waals surface area (Å²) in [7, 11) is 3.13. The van der Waals surface area contributed by atoms with Crippen molar-refractivity contribution < 1.29 is 19.0 Å². The lowest BCUT2D eigenvalue weighted by Crippen LogP contribution is -2.29. The average molecular weight is 407 g/mol. The average Bonchev–Trinajstić information content (AvgIpc) is 2.70. The quantitative estimate of drug-likeness (QED) is 0.166. The van der Waals surface area contributed by atoms with Gasteiger partial charge in [0.15, 0.2) is 23.3 Å². The van der Waals surface area contributed by atoms with Crippen LogP contribution >= 0.6 is 0 Å². The van der Waals surface area contributed by atoms with Crippen LogP contribution in [-0.2, 0) is 0 Å². The SMILES string of the molecule is COc1ccc(C(=O)NCCCCCCCCC/C=[N+](\[O-])C(C)(C)C)cc1OC. The molecule has 1 amide bonds. The number of hydrogen-bond acceptors (Lipinski definition) is 4. The fourth-order valence-corrected chi connectivity index (χ4v) is 2.92. The summed E-state index contributed by atoms with van der Waals surface area (Å²) in [4.78, 5) is 12.2. The van der Waals surface area contributed by atoms with E-state index in [4.69, 9.17) is 9.47 Å². The Morgan fingerprint density at radius 3 is 2.17 bits per heavy atom. The minimum atomic E-state index is -0.338. The number of benzene rings is 1. The van der Waals surface area contributed by atoms with Crippen LogP contribution in [0.15, 0.2) is 18.2 Å². The Bertz CT molecular complexity index is 651. The molecule has 1 aromatic carbocycles. The zero-order valence-corrected chi connectivity index (χ0v) is 18.8. The number of carbonyl (C=O) groups is 1. The summed E-state index contributed by atoms with van der Waals surface area (Å²) in [6.07, 6.45) is 10.5. The highest BCUT2D eigenvalue weighted by molar-refractivity contribution is 5.94. The monoisotopic (exact) mass is 406 g/mol. The molecular formula is C23H38N2O4. The number of hydroxylamine groups is 1. The summed E-state index contributed by atoms with van der Waals surface area (Å²) in [5, 5.41) is 14.7. The van der Waals surface area contributed by atoms with Gasteiger partial charge in [0.2, 0.25) is 0 Å². The smallest absolute Gasteiger partial charge is 0.251 e. The fraction of sp³-hybridized carbons (Fsp3) is 0.652. The molecule has 0 unspecified atom stereocenters. The Kier molecular flexibility index (Phi) is 11.2. The topological polar surface area (TPSA) is 73.6 Å². The van der Waals surface area contributed by atoms with Crippen LogP contribution in [0.4, 0.5) is 0 Å². The molecular weight excluding hydrogens is 368 g/mol. The van der Waals surface area contributed by atoms with Crippen LogP contribution < -0.4 is 14.8 Å². The minimum absolute atomic E-state index is 0.0927. The van der Waals surface area contributed by atoms with E-state index in [2.05, 4.69) is 5.32 Å². The second kappa shape index (κ2) is 13.1. The van der Waals surface area contributed by atoms with E-state index in [9.17, 15) is 10.0 Å². The van der Waals surface area contributed by atoms with Gasteiger partial charge in [-0.3, -0.25) is 4.79 Å². The van der Waals surface area contributed by atoms with Crippen molar-refractivity contribution >= 4 is 12.1 Å². The third-order valence-electron chi connectivity index (χ3n) is 4.77. The van der Waals surface area contributed by atoms with E-state index in [1.807, 2.05) is 20.8 Å². The largest absolute Gasteiger partial charge is 0.624 e. The maximum atomic E-state index is 12.2. The summed E-state index contributed by atoms with van der Waals surface area (Å²) in [5.74, 6) is 1.07. The van der Waals surface area contributed by atoms with Crippen molar-refractivity contribution in [3.8, 4) is 11.5 Å². The molecule has 0 saturated heterocycles. The van der Waals surface area contributed by atoms with E-state index < -0.39 is 0 Å². The van der Waals surface area contributed by atoms with Crippen LogP contribution in [0.25, 0.3) is 0 Å². The highest BCUT2D eigenvalue weighted by Gasteiger charge is 2.17. The number of ether oxygens (including phenoxy) is 2. The molecule has 1 aromatic rings. The first-order chi connectivity index (χ1) is 13.8. The molecule has 0 aliphatic heterocycles. The molecule has 1 N–H and O–H groups in total. The summed E-state index contributed by atoms with van der Waals surface area (Å²) >= 11 is 0. The van der Waals surface area contributed by atoms with Crippen LogP contribution in [-0.4, -0.2) is 43.2 Å². The van der Waals surface area contributed by atoms with E-state index in [0.717, 1.165) is 36.8 Å². The van der Waals surface area contributed by atoms with Crippen molar-refractivity contribution in [1.82, 2.24) is 5.32 Å². The molecule has 0 heterocycles. The highest BCUT2D eigenvalue weighted by atomic mass is 16.5. The van der Waals surface area contributed by atoms with Crippen molar-refractivity contribution in [2.45, 2.75) is 77.7 Å². The van der Waals surface area contributed by atoms with Gasteiger partial charge in [-0.25, -0.2) is 4.74 Å². The molecule has 6 nitrogen and oxygen atoms in total. The molecule has 0 aromatic heterocycles. The predicted octanol–water partition coefficient (Wildman–Crippen LogP) is 4.93. The Morgan fingerprint density at radius 1 is 1.00 bits per heavy atom. The van der Waals surface area contributed by atoms with Crippen molar-refractivity contribution in [1.29, 1.82) is 0 Å². The van der Waals surface area contributed by atoms with E-state index in [1.54, 1.807) is 38.6 Å². The second-order valence-electron chi connectivity index (χ2n) is 8.27. The Hall–Kier alpha value is -2.24. The van der Waals surface area contributed by atoms with Gasteiger partial charge in [0.05, 0.1) is 14.2 Å². The number of rotatable bonds is 13. The maximum Gasteiger partial charge on any atom is 0.251 e. The predicted molar refractivity (Wildman–Crippen MR) is 118 cm³/mol. The molecule has 1 rings (SSSR count). The number of hydrogen-bond donors (Lipinski definition) is 1. The lowest BCUT2D eigenvalue weighted by Gasteiger charge is -2.18. The lowest BCUT2D eigenvalue weighted by molar-refractivity contribution is -0.532. The van der Waals surface area contributed by atoms with Crippen molar-refractivity contribution in [3.05, 3.63) is 29.0 Å². The van der Waals surface area contributed by atoms with Crippen molar-refractivity contribution in [3.63, 3.8) is 0 Å². The van der Waals surface area contributed by atoms with Gasteiger partial charge < -0.3 is 20.0 Å². The Labute approximate surface area is 175 Å². The van der Waals surface area contributed by atoms with Crippen LogP contribution in [0.3, 0.4) is 0 Å². The molecule has 164 valence electrons. The number of methoxy groups -OCH3 is 2. The van der Waals surface area contributed by atoms with Gasteiger partial charge in [-0.1, -0.05) is 32.1 Å². The number of amides is 1. The molecule has 0 spiro atoms. The van der Waals surface area contributed by atoms with Crippen molar-refractivity contribution in [2.75, 3.05) is 20.8 Å². The standard InChI is InChI=1S/C23H38N2O4/c1-23(2,3)25(27)17-13-11-9-7-6-8-10-12-16-24-22(26)19-14-15-20(28-4)21(18-19)29-5/h14-15,17-18H,6-13,16H2,1-5H3,(H,24,26)/b25-17-. The summed E-state index contributed by atoms with van der Waals surface area (Å²) < 4.78 is 11.5. The van der Waals surface area contributed by atoms with Crippen molar-refractivity contribution in [2.24, 2.45) is 0 Å². The number of nitrogens with zero attached hydrogens (tertiary/aromatic N) is 1.